The zero-order valence-corrected chi connectivity index (χ0v) is 16.4. The van der Waals surface area contributed by atoms with Crippen LogP contribution in [0.2, 0.25) is 0 Å². The minimum absolute atomic E-state index is 0.0813. The lowest BCUT2D eigenvalue weighted by Crippen LogP contribution is -2.28. The molecule has 0 aliphatic rings. The average molecular weight is 389 g/mol. The van der Waals surface area contributed by atoms with E-state index in [0.717, 1.165) is 21.3 Å². The summed E-state index contributed by atoms with van der Waals surface area (Å²) in [6, 6.07) is 13.1. The van der Waals surface area contributed by atoms with Gasteiger partial charge in [0.05, 0.1) is 23.2 Å². The highest BCUT2D eigenvalue weighted by Crippen LogP contribution is 2.25. The maximum Gasteiger partial charge on any atom is 0.200 e. The zero-order valence-electron chi connectivity index (χ0n) is 14.8. The van der Waals surface area contributed by atoms with Crippen LogP contribution >= 0.6 is 11.3 Å². The van der Waals surface area contributed by atoms with E-state index in [9.17, 15) is 8.42 Å². The first kappa shape index (κ1) is 18.5. The van der Waals surface area contributed by atoms with Gasteiger partial charge >= 0.3 is 0 Å². The van der Waals surface area contributed by atoms with E-state index in [1.165, 1.54) is 23.6 Å². The largest absolute Gasteiger partial charge is 0.377 e. The van der Waals surface area contributed by atoms with Gasteiger partial charge in [-0.05, 0) is 32.9 Å². The van der Waals surface area contributed by atoms with Gasteiger partial charge in [0.25, 0.3) is 0 Å². The van der Waals surface area contributed by atoms with Gasteiger partial charge in [0, 0.05) is 5.56 Å². The summed E-state index contributed by atoms with van der Waals surface area (Å²) in [6.07, 6.45) is 1.53. The van der Waals surface area contributed by atoms with Crippen LogP contribution in [0.15, 0.2) is 53.7 Å². The first-order valence-electron chi connectivity index (χ1n) is 8.10. The molecule has 1 N–H and O–H groups in total. The zero-order chi connectivity index (χ0) is 18.8. The Morgan fingerprint density at radius 2 is 1.77 bits per heavy atom. The Balaban J connectivity index is 1.67. The molecule has 0 radical (unpaired) electrons. The number of anilines is 1. The second-order valence-corrected chi connectivity index (χ2v) is 10.4. The second-order valence-electron chi connectivity index (χ2n) is 6.72. The topological polar surface area (TPSA) is 84.8 Å². The maximum absolute atomic E-state index is 12.4. The number of aromatic nitrogens is 3. The van der Waals surface area contributed by atoms with Gasteiger partial charge in [-0.1, -0.05) is 41.7 Å². The van der Waals surface area contributed by atoms with Crippen LogP contribution in [0, 0.1) is 0 Å². The highest BCUT2D eigenvalue weighted by Gasteiger charge is 2.31. The number of nitrogens with one attached hydrogen (secondary N) is 1. The molecule has 0 unspecified atom stereocenters. The third-order valence-electron chi connectivity index (χ3n) is 3.75. The maximum atomic E-state index is 12.4. The Morgan fingerprint density at radius 1 is 1.04 bits per heavy atom. The minimum atomic E-state index is -3.45. The van der Waals surface area contributed by atoms with Crippen LogP contribution in [0.5, 0.6) is 0 Å². The van der Waals surface area contributed by atoms with Gasteiger partial charge in [-0.15, -0.1) is 10.2 Å². The lowest BCUT2D eigenvalue weighted by Gasteiger charge is -2.18. The molecule has 3 aromatic rings. The van der Waals surface area contributed by atoms with Gasteiger partial charge in [-0.3, -0.25) is 0 Å². The van der Waals surface area contributed by atoms with E-state index in [0.29, 0.717) is 6.54 Å². The van der Waals surface area contributed by atoms with Crippen molar-refractivity contribution in [3.05, 3.63) is 53.7 Å². The summed E-state index contributed by atoms with van der Waals surface area (Å²) in [6.45, 7) is 5.49. The molecular weight excluding hydrogens is 368 g/mol. The lowest BCUT2D eigenvalue weighted by atomic mass is 10.2. The van der Waals surface area contributed by atoms with Crippen molar-refractivity contribution >= 4 is 26.9 Å². The molecule has 0 bridgehead atoms. The molecule has 8 heteroatoms. The quantitative estimate of drug-likeness (QED) is 0.716. The van der Waals surface area contributed by atoms with Crippen LogP contribution < -0.4 is 5.32 Å². The molecule has 0 aliphatic heterocycles. The normalized spacial score (nSPS) is 12.1. The molecule has 136 valence electrons. The third kappa shape index (κ3) is 3.91. The Kier molecular flexibility index (Phi) is 5.06. The molecule has 1 aromatic carbocycles. The fourth-order valence-corrected chi connectivity index (χ4v) is 4.01. The van der Waals surface area contributed by atoms with Crippen molar-refractivity contribution in [2.45, 2.75) is 37.1 Å². The summed E-state index contributed by atoms with van der Waals surface area (Å²) in [5.74, 6) is 0. The number of sulfone groups is 1. The predicted octanol–water partition coefficient (Wildman–Crippen LogP) is 3.78. The molecule has 0 atom stereocenters. The third-order valence-corrected chi connectivity index (χ3v) is 7.13. The van der Waals surface area contributed by atoms with Gasteiger partial charge in [-0.25, -0.2) is 13.4 Å². The first-order valence-corrected chi connectivity index (χ1v) is 10.4. The van der Waals surface area contributed by atoms with Crippen LogP contribution in [-0.4, -0.2) is 28.3 Å². The summed E-state index contributed by atoms with van der Waals surface area (Å²) < 4.78 is 23.9. The number of pyridine rings is 1. The molecule has 3 rings (SSSR count). The molecule has 0 spiro atoms. The molecule has 0 saturated carbocycles. The number of nitrogens with zero attached hydrogens (tertiary/aromatic N) is 3. The van der Waals surface area contributed by atoms with Crippen molar-refractivity contribution in [3.8, 4) is 10.6 Å². The summed E-state index contributed by atoms with van der Waals surface area (Å²) in [7, 11) is -3.45. The summed E-state index contributed by atoms with van der Waals surface area (Å²) in [5, 5.41) is 13.4. The van der Waals surface area contributed by atoms with E-state index in [1.807, 2.05) is 30.3 Å². The van der Waals surface area contributed by atoms with Gasteiger partial charge < -0.3 is 5.32 Å². The molecule has 0 amide bonds. The monoisotopic (exact) mass is 388 g/mol. The molecule has 26 heavy (non-hydrogen) atoms. The number of hydrogen-bond acceptors (Lipinski definition) is 7. The van der Waals surface area contributed by atoms with Crippen molar-refractivity contribution in [1.29, 1.82) is 0 Å². The Labute approximate surface area is 157 Å². The molecule has 0 fully saturated rings. The average Bonchev–Trinajstić information content (AvgIpc) is 3.09. The molecule has 0 saturated heterocycles. The van der Waals surface area contributed by atoms with Gasteiger partial charge in [0.15, 0.2) is 14.9 Å². The Morgan fingerprint density at radius 3 is 2.38 bits per heavy atom. The van der Waals surface area contributed by atoms with Crippen molar-refractivity contribution in [1.82, 2.24) is 15.2 Å². The Hall–Kier alpha value is -2.32. The van der Waals surface area contributed by atoms with E-state index in [-0.39, 0.29) is 5.03 Å². The SMILES string of the molecule is CC(C)(C)S(=O)(=O)c1ccc(NCc2nnc(-c3ccccc3)s2)cn1. The van der Waals surface area contributed by atoms with Crippen LogP contribution in [0.4, 0.5) is 5.69 Å². The second kappa shape index (κ2) is 7.13. The minimum Gasteiger partial charge on any atom is -0.377 e. The number of rotatable bonds is 5. The summed E-state index contributed by atoms with van der Waals surface area (Å²) in [4.78, 5) is 4.10. The van der Waals surface area contributed by atoms with Crippen molar-refractivity contribution < 1.29 is 8.42 Å². The van der Waals surface area contributed by atoms with Gasteiger partial charge in [-0.2, -0.15) is 0 Å². The van der Waals surface area contributed by atoms with E-state index < -0.39 is 14.6 Å². The Bertz CT molecular complexity index is 976. The smallest absolute Gasteiger partial charge is 0.200 e. The van der Waals surface area contributed by atoms with Crippen molar-refractivity contribution in [2.75, 3.05) is 5.32 Å². The molecule has 6 nitrogen and oxygen atoms in total. The lowest BCUT2D eigenvalue weighted by molar-refractivity contribution is 0.556. The van der Waals surface area contributed by atoms with Crippen LogP contribution in [0.3, 0.4) is 0 Å². The van der Waals surface area contributed by atoms with E-state index >= 15 is 0 Å². The molecular formula is C18H20N4O2S2. The standard InChI is InChI=1S/C18H20N4O2S2/c1-18(2,3)26(23,24)16-10-9-14(11-20-16)19-12-15-21-22-17(25-15)13-7-5-4-6-8-13/h4-11,19H,12H2,1-3H3. The number of hydrogen-bond donors (Lipinski definition) is 1. The molecule has 2 heterocycles. The summed E-state index contributed by atoms with van der Waals surface area (Å²) in [5.41, 5.74) is 1.77. The predicted molar refractivity (Wildman–Crippen MR) is 104 cm³/mol. The van der Waals surface area contributed by atoms with E-state index in [1.54, 1.807) is 26.8 Å². The molecule has 0 aliphatic carbocycles. The van der Waals surface area contributed by atoms with Crippen molar-refractivity contribution in [2.24, 2.45) is 0 Å². The summed E-state index contributed by atoms with van der Waals surface area (Å²) >= 11 is 1.51. The fourth-order valence-electron chi connectivity index (χ4n) is 2.16. The van der Waals surface area contributed by atoms with Crippen LogP contribution in [0.1, 0.15) is 25.8 Å². The highest BCUT2D eigenvalue weighted by atomic mass is 32.2. The van der Waals surface area contributed by atoms with Crippen LogP contribution in [0.25, 0.3) is 10.6 Å². The van der Waals surface area contributed by atoms with Crippen LogP contribution in [-0.2, 0) is 16.4 Å². The van der Waals surface area contributed by atoms with Crippen molar-refractivity contribution in [3.63, 3.8) is 0 Å². The first-order chi connectivity index (χ1) is 12.3. The number of benzene rings is 1. The van der Waals surface area contributed by atoms with Gasteiger partial charge in [0.2, 0.25) is 0 Å². The van der Waals surface area contributed by atoms with E-state index in [4.69, 9.17) is 0 Å². The highest BCUT2D eigenvalue weighted by molar-refractivity contribution is 7.92. The van der Waals surface area contributed by atoms with Gasteiger partial charge in [0.1, 0.15) is 10.0 Å². The fraction of sp³-hybridized carbons (Fsp3) is 0.278. The van der Waals surface area contributed by atoms with E-state index in [2.05, 4.69) is 20.5 Å². The molecule has 2 aromatic heterocycles.